The van der Waals surface area contributed by atoms with Crippen molar-refractivity contribution >= 4 is 27.6 Å². The molecule has 0 spiro atoms. The van der Waals surface area contributed by atoms with Crippen LogP contribution in [-0.4, -0.2) is 44.8 Å². The van der Waals surface area contributed by atoms with Crippen molar-refractivity contribution in [3.63, 3.8) is 0 Å². The maximum Gasteiger partial charge on any atom is 0.337 e. The molecule has 144 valence electrons. The number of rotatable bonds is 6. The highest BCUT2D eigenvalue weighted by atomic mass is 32.2. The first-order valence-corrected chi connectivity index (χ1v) is 9.68. The van der Waals surface area contributed by atoms with Crippen molar-refractivity contribution in [1.29, 1.82) is 0 Å². The fraction of sp³-hybridized carbons (Fsp3) is 0.263. The Labute approximate surface area is 159 Å². The number of carbonyl (C=O) groups excluding carboxylic acids is 2. The summed E-state index contributed by atoms with van der Waals surface area (Å²) in [5, 5.41) is 2.67. The van der Waals surface area contributed by atoms with Gasteiger partial charge in [-0.05, 0) is 56.3 Å². The lowest BCUT2D eigenvalue weighted by Crippen LogP contribution is -2.33. The van der Waals surface area contributed by atoms with Gasteiger partial charge in [0, 0.05) is 24.3 Å². The van der Waals surface area contributed by atoms with Gasteiger partial charge >= 0.3 is 5.97 Å². The van der Waals surface area contributed by atoms with Gasteiger partial charge in [0.15, 0.2) is 0 Å². The summed E-state index contributed by atoms with van der Waals surface area (Å²) in [6.45, 7) is 3.56. The van der Waals surface area contributed by atoms with Crippen LogP contribution in [0.5, 0.6) is 0 Å². The fourth-order valence-corrected chi connectivity index (χ4v) is 3.63. The molecule has 0 aliphatic heterocycles. The molecule has 2 rings (SSSR count). The van der Waals surface area contributed by atoms with E-state index in [0.29, 0.717) is 16.8 Å². The van der Waals surface area contributed by atoms with Crippen LogP contribution in [0.4, 0.5) is 5.69 Å². The van der Waals surface area contributed by atoms with Gasteiger partial charge in [-0.1, -0.05) is 6.07 Å². The molecule has 1 N–H and O–H groups in total. The van der Waals surface area contributed by atoms with Crippen molar-refractivity contribution in [2.24, 2.45) is 0 Å². The molecule has 0 aliphatic rings. The summed E-state index contributed by atoms with van der Waals surface area (Å²) in [6.07, 6.45) is 0. The molecule has 2 aromatic rings. The lowest BCUT2D eigenvalue weighted by Gasteiger charge is -2.21. The van der Waals surface area contributed by atoms with Crippen LogP contribution in [0.2, 0.25) is 0 Å². The van der Waals surface area contributed by atoms with Crippen LogP contribution in [0.3, 0.4) is 0 Å². The van der Waals surface area contributed by atoms with E-state index in [1.807, 2.05) is 0 Å². The van der Waals surface area contributed by atoms with Crippen molar-refractivity contribution in [3.8, 4) is 0 Å². The van der Waals surface area contributed by atoms with Gasteiger partial charge in [0.2, 0.25) is 10.0 Å². The van der Waals surface area contributed by atoms with Crippen molar-refractivity contribution in [2.45, 2.75) is 24.8 Å². The third-order valence-electron chi connectivity index (χ3n) is 4.06. The SMILES string of the molecule is COC(=O)c1cccc(NC(=O)c2ccc(S(=O)(=O)N(C)C(C)C)cc2)c1. The zero-order valence-corrected chi connectivity index (χ0v) is 16.4. The number of benzene rings is 2. The summed E-state index contributed by atoms with van der Waals surface area (Å²) < 4.78 is 30.8. The number of nitrogens with zero attached hydrogens (tertiary/aromatic N) is 1. The van der Waals surface area contributed by atoms with Gasteiger partial charge in [-0.25, -0.2) is 13.2 Å². The molecule has 0 saturated carbocycles. The van der Waals surface area contributed by atoms with Crippen LogP contribution in [0.25, 0.3) is 0 Å². The quantitative estimate of drug-likeness (QED) is 0.766. The van der Waals surface area contributed by atoms with Gasteiger partial charge in [-0.2, -0.15) is 4.31 Å². The largest absolute Gasteiger partial charge is 0.465 e. The summed E-state index contributed by atoms with van der Waals surface area (Å²) in [4.78, 5) is 24.1. The summed E-state index contributed by atoms with van der Waals surface area (Å²) in [7, 11) is -0.821. The predicted molar refractivity (Wildman–Crippen MR) is 102 cm³/mol. The minimum atomic E-state index is -3.61. The first-order chi connectivity index (χ1) is 12.7. The maximum absolute atomic E-state index is 12.5. The van der Waals surface area contributed by atoms with E-state index in [4.69, 9.17) is 0 Å². The molecule has 0 heterocycles. The zero-order chi connectivity index (χ0) is 20.2. The van der Waals surface area contributed by atoms with Gasteiger partial charge in [-0.3, -0.25) is 4.79 Å². The number of nitrogens with one attached hydrogen (secondary N) is 1. The van der Waals surface area contributed by atoms with Crippen molar-refractivity contribution in [1.82, 2.24) is 4.31 Å². The fourth-order valence-electron chi connectivity index (χ4n) is 2.27. The van der Waals surface area contributed by atoms with Crippen LogP contribution in [-0.2, 0) is 14.8 Å². The average Bonchev–Trinajstić information content (AvgIpc) is 2.66. The third-order valence-corrected chi connectivity index (χ3v) is 6.11. The van der Waals surface area contributed by atoms with Crippen LogP contribution in [0, 0.1) is 0 Å². The Hall–Kier alpha value is -2.71. The molecule has 1 amide bonds. The standard InChI is InChI=1S/C19H22N2O5S/c1-13(2)21(3)27(24,25)17-10-8-14(9-11-17)18(22)20-16-7-5-6-15(12-16)19(23)26-4/h5-13H,1-4H3,(H,20,22). The van der Waals surface area contributed by atoms with E-state index in [0.717, 1.165) is 0 Å². The van der Waals surface area contributed by atoms with E-state index in [9.17, 15) is 18.0 Å². The molecular weight excluding hydrogens is 368 g/mol. The van der Waals surface area contributed by atoms with Crippen LogP contribution >= 0.6 is 0 Å². The second-order valence-electron chi connectivity index (χ2n) is 6.17. The lowest BCUT2D eigenvalue weighted by atomic mass is 10.1. The van der Waals surface area contributed by atoms with E-state index in [2.05, 4.69) is 10.1 Å². The van der Waals surface area contributed by atoms with Gasteiger partial charge < -0.3 is 10.1 Å². The van der Waals surface area contributed by atoms with Gasteiger partial charge in [0.25, 0.3) is 5.91 Å². The first-order valence-electron chi connectivity index (χ1n) is 8.24. The van der Waals surface area contributed by atoms with Crippen LogP contribution in [0.15, 0.2) is 53.4 Å². The van der Waals surface area contributed by atoms with E-state index in [-0.39, 0.29) is 10.9 Å². The number of amides is 1. The molecule has 0 radical (unpaired) electrons. The zero-order valence-electron chi connectivity index (χ0n) is 15.6. The molecule has 8 heteroatoms. The Bertz CT molecular complexity index is 937. The molecule has 0 bridgehead atoms. The Morgan fingerprint density at radius 2 is 1.67 bits per heavy atom. The predicted octanol–water partition coefficient (Wildman–Crippen LogP) is 2.75. The van der Waals surface area contributed by atoms with Gasteiger partial charge in [0.1, 0.15) is 0 Å². The van der Waals surface area contributed by atoms with E-state index < -0.39 is 21.9 Å². The van der Waals surface area contributed by atoms with E-state index in [1.54, 1.807) is 32.0 Å². The van der Waals surface area contributed by atoms with E-state index in [1.165, 1.54) is 48.8 Å². The van der Waals surface area contributed by atoms with Gasteiger partial charge in [-0.15, -0.1) is 0 Å². The molecule has 2 aromatic carbocycles. The summed E-state index contributed by atoms with van der Waals surface area (Å²) >= 11 is 0. The Morgan fingerprint density at radius 3 is 2.22 bits per heavy atom. The number of hydrogen-bond acceptors (Lipinski definition) is 5. The van der Waals surface area contributed by atoms with Crippen molar-refractivity contribution in [2.75, 3.05) is 19.5 Å². The number of methoxy groups -OCH3 is 1. The lowest BCUT2D eigenvalue weighted by molar-refractivity contribution is 0.0600. The highest BCUT2D eigenvalue weighted by molar-refractivity contribution is 7.89. The molecule has 0 saturated heterocycles. The van der Waals surface area contributed by atoms with Crippen molar-refractivity contribution in [3.05, 3.63) is 59.7 Å². The summed E-state index contributed by atoms with van der Waals surface area (Å²) in [6, 6.07) is 11.8. The Kier molecular flexibility index (Phi) is 6.35. The number of esters is 1. The van der Waals surface area contributed by atoms with Gasteiger partial charge in [0.05, 0.1) is 17.6 Å². The average molecular weight is 390 g/mol. The first kappa shape index (κ1) is 20.6. The topological polar surface area (TPSA) is 92.8 Å². The minimum Gasteiger partial charge on any atom is -0.465 e. The molecule has 7 nitrogen and oxygen atoms in total. The normalized spacial score (nSPS) is 11.5. The molecule has 0 aliphatic carbocycles. The van der Waals surface area contributed by atoms with Crippen molar-refractivity contribution < 1.29 is 22.7 Å². The third kappa shape index (κ3) is 4.72. The molecule has 0 atom stereocenters. The second-order valence-corrected chi connectivity index (χ2v) is 8.16. The van der Waals surface area contributed by atoms with E-state index >= 15 is 0 Å². The number of hydrogen-bond donors (Lipinski definition) is 1. The Balaban J connectivity index is 2.18. The molecule has 0 aromatic heterocycles. The summed E-state index contributed by atoms with van der Waals surface area (Å²) in [5.74, 6) is -0.923. The number of sulfonamides is 1. The molecular formula is C19H22N2O5S. The smallest absolute Gasteiger partial charge is 0.337 e. The van der Waals surface area contributed by atoms with Crippen LogP contribution in [0.1, 0.15) is 34.6 Å². The number of carbonyl (C=O) groups is 2. The second kappa shape index (κ2) is 8.32. The highest BCUT2D eigenvalue weighted by Crippen LogP contribution is 2.18. The monoisotopic (exact) mass is 390 g/mol. The summed E-state index contributed by atoms with van der Waals surface area (Å²) in [5.41, 5.74) is 1.04. The maximum atomic E-state index is 12.5. The molecule has 0 unspecified atom stereocenters. The van der Waals surface area contributed by atoms with Crippen LogP contribution < -0.4 is 5.32 Å². The number of ether oxygens (including phenoxy) is 1. The number of anilines is 1. The highest BCUT2D eigenvalue weighted by Gasteiger charge is 2.23. The molecule has 0 fully saturated rings. The minimum absolute atomic E-state index is 0.114. The molecule has 27 heavy (non-hydrogen) atoms. The Morgan fingerprint density at radius 1 is 1.04 bits per heavy atom.